The number of para-hydroxylation sites is 1. The molecule has 1 saturated heterocycles. The molecule has 8 nitrogen and oxygen atoms in total. The predicted octanol–water partition coefficient (Wildman–Crippen LogP) is 2.16. The van der Waals surface area contributed by atoms with Gasteiger partial charge >= 0.3 is 5.97 Å². The van der Waals surface area contributed by atoms with Crippen molar-refractivity contribution in [2.24, 2.45) is 0 Å². The van der Waals surface area contributed by atoms with Gasteiger partial charge in [-0.25, -0.2) is 9.48 Å². The predicted molar refractivity (Wildman–Crippen MR) is 104 cm³/mol. The number of benzene rings is 2. The number of rotatable bonds is 2. The highest BCUT2D eigenvalue weighted by atomic mass is 16.4. The molecule has 0 saturated carbocycles. The summed E-state index contributed by atoms with van der Waals surface area (Å²) in [6.45, 7) is 1.80. The van der Waals surface area contributed by atoms with E-state index in [1.165, 1.54) is 9.58 Å². The summed E-state index contributed by atoms with van der Waals surface area (Å²) < 4.78 is 1.24. The first-order valence-corrected chi connectivity index (χ1v) is 9.19. The molecule has 2 aromatic carbocycles. The van der Waals surface area contributed by atoms with Gasteiger partial charge in [0.15, 0.2) is 11.5 Å². The number of hydrogen-bond acceptors (Lipinski definition) is 5. The Morgan fingerprint density at radius 1 is 1.10 bits per heavy atom. The fourth-order valence-electron chi connectivity index (χ4n) is 4.25. The van der Waals surface area contributed by atoms with Crippen molar-refractivity contribution in [3.63, 3.8) is 0 Å². The molecule has 1 N–H and O–H groups in total. The average molecular weight is 388 g/mol. The maximum Gasteiger partial charge on any atom is 0.353 e. The number of carboxylic acids is 1. The first-order valence-electron chi connectivity index (χ1n) is 9.19. The van der Waals surface area contributed by atoms with E-state index in [9.17, 15) is 19.5 Å². The summed E-state index contributed by atoms with van der Waals surface area (Å²) in [5.41, 5.74) is -0.00304. The molecule has 0 aliphatic carbocycles. The van der Waals surface area contributed by atoms with Gasteiger partial charge in [-0.2, -0.15) is 10.1 Å². The van der Waals surface area contributed by atoms with Crippen molar-refractivity contribution in [1.29, 1.82) is 0 Å². The molecule has 1 fully saturated rings. The summed E-state index contributed by atoms with van der Waals surface area (Å²) in [6, 6.07) is 14.1. The molecular weight excluding hydrogens is 372 g/mol. The third-order valence-electron chi connectivity index (χ3n) is 5.56. The molecule has 1 unspecified atom stereocenters. The van der Waals surface area contributed by atoms with E-state index >= 15 is 0 Å². The van der Waals surface area contributed by atoms with Crippen molar-refractivity contribution in [3.8, 4) is 22.6 Å². The minimum Gasteiger partial charge on any atom is -0.478 e. The Hall–Kier alpha value is -3.81. The van der Waals surface area contributed by atoms with Gasteiger partial charge in [0.1, 0.15) is 0 Å². The molecule has 2 aliphatic heterocycles. The van der Waals surface area contributed by atoms with Crippen molar-refractivity contribution in [3.05, 3.63) is 64.4 Å². The van der Waals surface area contributed by atoms with Gasteiger partial charge in [-0.15, -0.1) is 0 Å². The number of carboxylic acid groups (broad SMARTS) is 1. The van der Waals surface area contributed by atoms with Crippen LogP contribution in [0.2, 0.25) is 0 Å². The van der Waals surface area contributed by atoms with Crippen LogP contribution in [0.25, 0.3) is 22.6 Å². The van der Waals surface area contributed by atoms with Crippen LogP contribution in [0.3, 0.4) is 0 Å². The zero-order valence-corrected chi connectivity index (χ0v) is 15.5. The van der Waals surface area contributed by atoms with Crippen molar-refractivity contribution in [2.75, 3.05) is 4.90 Å². The molecule has 0 radical (unpaired) electrons. The summed E-state index contributed by atoms with van der Waals surface area (Å²) in [7, 11) is 0. The van der Waals surface area contributed by atoms with Gasteiger partial charge in [0.25, 0.3) is 5.56 Å². The van der Waals surface area contributed by atoms with Gasteiger partial charge in [0, 0.05) is 24.0 Å². The molecule has 8 heteroatoms. The molecule has 144 valence electrons. The first kappa shape index (κ1) is 17.3. The van der Waals surface area contributed by atoms with Crippen LogP contribution in [0.1, 0.15) is 18.4 Å². The summed E-state index contributed by atoms with van der Waals surface area (Å²) >= 11 is 0. The van der Waals surface area contributed by atoms with E-state index in [0.29, 0.717) is 16.8 Å². The highest BCUT2D eigenvalue weighted by Crippen LogP contribution is 2.49. The molecule has 29 heavy (non-hydrogen) atoms. The molecule has 3 heterocycles. The quantitative estimate of drug-likeness (QED) is 0.721. The number of aromatic nitrogens is 3. The Bertz CT molecular complexity index is 1250. The topological polar surface area (TPSA) is 105 Å². The van der Waals surface area contributed by atoms with E-state index in [1.807, 2.05) is 6.07 Å². The van der Waals surface area contributed by atoms with Crippen LogP contribution in [0.5, 0.6) is 0 Å². The lowest BCUT2D eigenvalue weighted by atomic mass is 9.97. The number of carbonyl (C=O) groups is 2. The summed E-state index contributed by atoms with van der Waals surface area (Å²) in [5.74, 6) is -1.35. The number of fused-ring (bicyclic) bond motifs is 6. The number of anilines is 1. The highest BCUT2D eigenvalue weighted by molar-refractivity contribution is 6.08. The van der Waals surface area contributed by atoms with Gasteiger partial charge in [-0.1, -0.05) is 42.5 Å². The third kappa shape index (κ3) is 2.16. The zero-order chi connectivity index (χ0) is 20.3. The van der Waals surface area contributed by atoms with Gasteiger partial charge < -0.3 is 5.11 Å². The van der Waals surface area contributed by atoms with Crippen molar-refractivity contribution < 1.29 is 14.7 Å². The monoisotopic (exact) mass is 388 g/mol. The Morgan fingerprint density at radius 2 is 1.86 bits per heavy atom. The van der Waals surface area contributed by atoms with Crippen molar-refractivity contribution in [2.45, 2.75) is 25.4 Å². The third-order valence-corrected chi connectivity index (χ3v) is 5.56. The molecule has 0 spiro atoms. The SMILES string of the molecule is Cc1cccc2c1N1C(=O)CCC1(C(=O)O)n1nc(-c3ccccc3)c(=O)nc1-2. The molecule has 5 rings (SSSR count). The molecule has 1 amide bonds. The standard InChI is InChI=1S/C21H16N4O4/c1-12-6-5-9-14-17(12)24-15(26)10-11-21(24,20(28)29)25-18(14)22-19(27)16(23-25)13-7-3-2-4-8-13/h2-9H,10-11H2,1H3,(H,28,29). The van der Waals surface area contributed by atoms with Crippen LogP contribution in [0.4, 0.5) is 5.69 Å². The maximum absolute atomic E-state index is 12.8. The Labute approximate surface area is 165 Å². The fourth-order valence-corrected chi connectivity index (χ4v) is 4.25. The second-order valence-electron chi connectivity index (χ2n) is 7.19. The summed E-state index contributed by atoms with van der Waals surface area (Å²) in [5, 5.41) is 14.7. The van der Waals surface area contributed by atoms with Crippen LogP contribution >= 0.6 is 0 Å². The fraction of sp³-hybridized carbons (Fsp3) is 0.190. The lowest BCUT2D eigenvalue weighted by molar-refractivity contribution is -0.148. The number of aliphatic carboxylic acids is 1. The normalized spacial score (nSPS) is 19.5. The lowest BCUT2D eigenvalue weighted by Crippen LogP contribution is -2.58. The summed E-state index contributed by atoms with van der Waals surface area (Å²) in [6.07, 6.45) is 0.0989. The maximum atomic E-state index is 12.8. The number of carbonyl (C=O) groups excluding carboxylic acids is 1. The highest BCUT2D eigenvalue weighted by Gasteiger charge is 2.59. The molecule has 3 aromatic rings. The molecule has 1 atom stereocenters. The molecular formula is C21H16N4O4. The zero-order valence-electron chi connectivity index (χ0n) is 15.5. The van der Waals surface area contributed by atoms with Crippen LogP contribution in [0.15, 0.2) is 53.3 Å². The van der Waals surface area contributed by atoms with E-state index in [1.54, 1.807) is 49.4 Å². The second-order valence-corrected chi connectivity index (χ2v) is 7.19. The smallest absolute Gasteiger partial charge is 0.353 e. The van der Waals surface area contributed by atoms with E-state index in [0.717, 1.165) is 5.56 Å². The van der Waals surface area contributed by atoms with Gasteiger partial charge in [0.05, 0.1) is 5.69 Å². The molecule has 0 bridgehead atoms. The van der Waals surface area contributed by atoms with E-state index < -0.39 is 17.2 Å². The van der Waals surface area contributed by atoms with Crippen LogP contribution in [-0.4, -0.2) is 31.7 Å². The number of aryl methyl sites for hydroxylation is 1. The Balaban J connectivity index is 1.91. The van der Waals surface area contributed by atoms with E-state index in [4.69, 9.17) is 0 Å². The number of hydrogen-bond donors (Lipinski definition) is 1. The first-order chi connectivity index (χ1) is 13.9. The second kappa shape index (κ2) is 5.84. The minimum atomic E-state index is -1.75. The average Bonchev–Trinajstić information content (AvgIpc) is 3.07. The van der Waals surface area contributed by atoms with Gasteiger partial charge in [-0.3, -0.25) is 14.5 Å². The number of nitrogens with zero attached hydrogens (tertiary/aromatic N) is 4. The van der Waals surface area contributed by atoms with Crippen LogP contribution in [-0.2, 0) is 15.3 Å². The Morgan fingerprint density at radius 3 is 2.59 bits per heavy atom. The van der Waals surface area contributed by atoms with Crippen molar-refractivity contribution in [1.82, 2.24) is 14.8 Å². The van der Waals surface area contributed by atoms with E-state index in [2.05, 4.69) is 10.1 Å². The summed E-state index contributed by atoms with van der Waals surface area (Å²) in [4.78, 5) is 43.7. The van der Waals surface area contributed by atoms with Crippen LogP contribution in [0, 0.1) is 6.92 Å². The van der Waals surface area contributed by atoms with E-state index in [-0.39, 0.29) is 30.3 Å². The minimum absolute atomic E-state index is 0.0354. The Kier molecular flexibility index (Phi) is 3.48. The van der Waals surface area contributed by atoms with Gasteiger partial charge in [-0.05, 0) is 18.6 Å². The molecule has 1 aromatic heterocycles. The lowest BCUT2D eigenvalue weighted by Gasteiger charge is -2.41. The molecule has 2 aliphatic rings. The van der Waals surface area contributed by atoms with Gasteiger partial charge in [0.2, 0.25) is 11.6 Å². The largest absolute Gasteiger partial charge is 0.478 e. The van der Waals surface area contributed by atoms with Crippen molar-refractivity contribution >= 4 is 17.6 Å². The number of amides is 1. The van der Waals surface area contributed by atoms with Crippen LogP contribution < -0.4 is 10.5 Å².